The molecular formula is C15H18FNO4S. The number of benzene rings is 1. The predicted molar refractivity (Wildman–Crippen MR) is 77.3 cm³/mol. The van der Waals surface area contributed by atoms with Gasteiger partial charge in [0.2, 0.25) is 10.0 Å². The molecule has 2 atom stereocenters. The van der Waals surface area contributed by atoms with Gasteiger partial charge in [-0.2, -0.15) is 4.31 Å². The van der Waals surface area contributed by atoms with Crippen molar-refractivity contribution >= 4 is 16.0 Å². The van der Waals surface area contributed by atoms with Gasteiger partial charge in [0.05, 0.1) is 5.41 Å². The Hall–Kier alpha value is -1.47. The Labute approximate surface area is 128 Å². The van der Waals surface area contributed by atoms with Crippen LogP contribution in [-0.2, 0) is 14.8 Å². The number of carboxylic acids is 1. The number of carboxylic acid groups (broad SMARTS) is 1. The summed E-state index contributed by atoms with van der Waals surface area (Å²) in [5.74, 6) is -1.92. The van der Waals surface area contributed by atoms with Crippen LogP contribution in [0.5, 0.6) is 0 Å². The monoisotopic (exact) mass is 327 g/mol. The minimum atomic E-state index is -4.00. The third-order valence-corrected chi connectivity index (χ3v) is 6.82. The van der Waals surface area contributed by atoms with Crippen molar-refractivity contribution < 1.29 is 22.7 Å². The van der Waals surface area contributed by atoms with Crippen LogP contribution >= 0.6 is 0 Å². The molecular weight excluding hydrogens is 309 g/mol. The summed E-state index contributed by atoms with van der Waals surface area (Å²) >= 11 is 0. The molecule has 0 amide bonds. The standard InChI is InChI=1S/C15H18FNO4S/c1-10-4-5-13(12(16)7-10)22(20,21)17-8-11-3-2-6-15(11,9-17)14(18)19/h4-5,7,11H,2-3,6,8-9H2,1H3,(H,18,19)/t11-,15+/m0/s1. The van der Waals surface area contributed by atoms with Gasteiger partial charge in [0.25, 0.3) is 0 Å². The number of hydrogen-bond donors (Lipinski definition) is 1. The van der Waals surface area contributed by atoms with Gasteiger partial charge in [-0.05, 0) is 43.4 Å². The van der Waals surface area contributed by atoms with Crippen molar-refractivity contribution in [2.45, 2.75) is 31.1 Å². The van der Waals surface area contributed by atoms with Crippen LogP contribution in [0, 0.1) is 24.1 Å². The van der Waals surface area contributed by atoms with E-state index >= 15 is 0 Å². The molecule has 1 aromatic rings. The molecule has 120 valence electrons. The summed E-state index contributed by atoms with van der Waals surface area (Å²) in [6.45, 7) is 1.77. The Morgan fingerprint density at radius 2 is 2.18 bits per heavy atom. The van der Waals surface area contributed by atoms with Gasteiger partial charge in [-0.1, -0.05) is 12.5 Å². The highest BCUT2D eigenvalue weighted by Crippen LogP contribution is 2.50. The number of hydrogen-bond acceptors (Lipinski definition) is 3. The van der Waals surface area contributed by atoms with Crippen molar-refractivity contribution in [3.8, 4) is 0 Å². The first kappa shape index (κ1) is 15.4. The zero-order valence-corrected chi connectivity index (χ0v) is 13.1. The predicted octanol–water partition coefficient (Wildman–Crippen LogP) is 2.01. The second-order valence-corrected chi connectivity index (χ2v) is 8.19. The molecule has 0 spiro atoms. The van der Waals surface area contributed by atoms with Crippen LogP contribution in [-0.4, -0.2) is 36.9 Å². The normalized spacial score (nSPS) is 28.7. The summed E-state index contributed by atoms with van der Waals surface area (Å²) in [7, 11) is -4.00. The van der Waals surface area contributed by atoms with Gasteiger partial charge in [-0.25, -0.2) is 12.8 Å². The molecule has 1 saturated carbocycles. The minimum absolute atomic E-state index is 0.0668. The Kier molecular flexibility index (Phi) is 3.52. The molecule has 3 rings (SSSR count). The Morgan fingerprint density at radius 3 is 2.77 bits per heavy atom. The Morgan fingerprint density at radius 1 is 1.45 bits per heavy atom. The van der Waals surface area contributed by atoms with Crippen LogP contribution in [0.2, 0.25) is 0 Å². The first-order valence-corrected chi connectivity index (χ1v) is 8.71. The lowest BCUT2D eigenvalue weighted by atomic mass is 9.81. The fraction of sp³-hybridized carbons (Fsp3) is 0.533. The molecule has 2 aliphatic rings. The molecule has 1 heterocycles. The van der Waals surface area contributed by atoms with Gasteiger partial charge < -0.3 is 5.11 Å². The fourth-order valence-corrected chi connectivity index (χ4v) is 5.33. The highest BCUT2D eigenvalue weighted by Gasteiger charge is 2.57. The largest absolute Gasteiger partial charge is 0.481 e. The first-order chi connectivity index (χ1) is 10.3. The first-order valence-electron chi connectivity index (χ1n) is 7.27. The molecule has 1 aliphatic carbocycles. The van der Waals surface area contributed by atoms with Crippen LogP contribution in [0.25, 0.3) is 0 Å². The summed E-state index contributed by atoms with van der Waals surface area (Å²) in [5, 5.41) is 9.52. The van der Waals surface area contributed by atoms with E-state index in [0.717, 1.165) is 10.7 Å². The maximum absolute atomic E-state index is 14.0. The van der Waals surface area contributed by atoms with Crippen LogP contribution in [0.1, 0.15) is 24.8 Å². The minimum Gasteiger partial charge on any atom is -0.481 e. The Bertz CT molecular complexity index is 733. The Balaban J connectivity index is 1.96. The zero-order chi connectivity index (χ0) is 16.1. The van der Waals surface area contributed by atoms with Gasteiger partial charge >= 0.3 is 5.97 Å². The van der Waals surface area contributed by atoms with Crippen molar-refractivity contribution in [1.82, 2.24) is 4.31 Å². The molecule has 0 aromatic heterocycles. The third kappa shape index (κ3) is 2.14. The van der Waals surface area contributed by atoms with Crippen molar-refractivity contribution in [3.05, 3.63) is 29.6 Å². The van der Waals surface area contributed by atoms with Gasteiger partial charge in [0.1, 0.15) is 10.7 Å². The highest BCUT2D eigenvalue weighted by atomic mass is 32.2. The lowest BCUT2D eigenvalue weighted by molar-refractivity contribution is -0.149. The molecule has 2 fully saturated rings. The molecule has 1 saturated heterocycles. The number of carbonyl (C=O) groups is 1. The molecule has 0 unspecified atom stereocenters. The van der Waals surface area contributed by atoms with Crippen molar-refractivity contribution in [2.24, 2.45) is 11.3 Å². The van der Waals surface area contributed by atoms with E-state index in [-0.39, 0.29) is 23.9 Å². The molecule has 0 bridgehead atoms. The second-order valence-electron chi connectivity index (χ2n) is 6.28. The summed E-state index contributed by atoms with van der Waals surface area (Å²) in [5.41, 5.74) is -0.370. The molecule has 5 nitrogen and oxygen atoms in total. The van der Waals surface area contributed by atoms with Crippen molar-refractivity contribution in [3.63, 3.8) is 0 Å². The number of aliphatic carboxylic acids is 1. The van der Waals surface area contributed by atoms with Crippen LogP contribution < -0.4 is 0 Å². The maximum Gasteiger partial charge on any atom is 0.311 e. The summed E-state index contributed by atoms with van der Waals surface area (Å²) < 4.78 is 40.5. The zero-order valence-electron chi connectivity index (χ0n) is 12.3. The van der Waals surface area contributed by atoms with Gasteiger partial charge in [-0.3, -0.25) is 4.79 Å². The number of rotatable bonds is 3. The van der Waals surface area contributed by atoms with Gasteiger partial charge in [-0.15, -0.1) is 0 Å². The van der Waals surface area contributed by atoms with E-state index in [0.29, 0.717) is 18.4 Å². The van der Waals surface area contributed by atoms with Gasteiger partial charge in [0.15, 0.2) is 0 Å². The highest BCUT2D eigenvalue weighted by molar-refractivity contribution is 7.89. The fourth-order valence-electron chi connectivity index (χ4n) is 3.73. The lowest BCUT2D eigenvalue weighted by Gasteiger charge is -2.23. The molecule has 0 radical (unpaired) electrons. The quantitative estimate of drug-likeness (QED) is 0.921. The van der Waals surface area contributed by atoms with E-state index in [4.69, 9.17) is 0 Å². The average Bonchev–Trinajstić information content (AvgIpc) is 2.95. The summed E-state index contributed by atoms with van der Waals surface area (Å²) in [4.78, 5) is 11.3. The number of aryl methyl sites for hydroxylation is 1. The van der Waals surface area contributed by atoms with Crippen LogP contribution in [0.15, 0.2) is 23.1 Å². The molecule has 7 heteroatoms. The number of nitrogens with zero attached hydrogens (tertiary/aromatic N) is 1. The van der Waals surface area contributed by atoms with E-state index in [1.165, 1.54) is 12.1 Å². The molecule has 1 aliphatic heterocycles. The number of halogens is 1. The van der Waals surface area contributed by atoms with E-state index in [2.05, 4.69) is 0 Å². The third-order valence-electron chi connectivity index (χ3n) is 4.97. The lowest BCUT2D eigenvalue weighted by Crippen LogP contribution is -2.37. The smallest absolute Gasteiger partial charge is 0.311 e. The van der Waals surface area contributed by atoms with Gasteiger partial charge in [0, 0.05) is 13.1 Å². The number of sulfonamides is 1. The van der Waals surface area contributed by atoms with Crippen molar-refractivity contribution in [2.75, 3.05) is 13.1 Å². The van der Waals surface area contributed by atoms with Crippen LogP contribution in [0.3, 0.4) is 0 Å². The van der Waals surface area contributed by atoms with E-state index in [1.54, 1.807) is 13.0 Å². The SMILES string of the molecule is Cc1ccc(S(=O)(=O)N2C[C@@H]3CCC[C@@]3(C(=O)O)C2)c(F)c1. The summed E-state index contributed by atoms with van der Waals surface area (Å²) in [6, 6.07) is 3.97. The van der Waals surface area contributed by atoms with Crippen molar-refractivity contribution in [1.29, 1.82) is 0 Å². The molecule has 22 heavy (non-hydrogen) atoms. The average molecular weight is 327 g/mol. The topological polar surface area (TPSA) is 74.7 Å². The van der Waals surface area contributed by atoms with Crippen LogP contribution in [0.4, 0.5) is 4.39 Å². The summed E-state index contributed by atoms with van der Waals surface area (Å²) in [6.07, 6.45) is 1.98. The number of fused-ring (bicyclic) bond motifs is 1. The molecule has 1 N–H and O–H groups in total. The second kappa shape index (κ2) is 5.03. The molecule has 1 aromatic carbocycles. The van der Waals surface area contributed by atoms with E-state index < -0.39 is 27.2 Å². The van der Waals surface area contributed by atoms with E-state index in [9.17, 15) is 22.7 Å². The maximum atomic E-state index is 14.0. The van der Waals surface area contributed by atoms with E-state index in [1.807, 2.05) is 0 Å².